The fraction of sp³-hybridized carbons (Fsp3) is 0.682. The van der Waals surface area contributed by atoms with E-state index in [4.69, 9.17) is 4.42 Å². The minimum atomic E-state index is -0.0946. The van der Waals surface area contributed by atoms with Gasteiger partial charge in [0.2, 0.25) is 11.8 Å². The molecule has 1 aromatic rings. The Morgan fingerprint density at radius 3 is 2.45 bits per heavy atom. The van der Waals surface area contributed by atoms with Gasteiger partial charge in [0, 0.05) is 66.3 Å². The first-order chi connectivity index (χ1) is 15.0. The summed E-state index contributed by atoms with van der Waals surface area (Å²) in [6.45, 7) is 7.69. The lowest BCUT2D eigenvalue weighted by Crippen LogP contribution is -2.57. The second-order valence-electron chi connectivity index (χ2n) is 8.42. The number of guanidine groups is 1. The van der Waals surface area contributed by atoms with Gasteiger partial charge in [0.05, 0.1) is 12.3 Å². The maximum absolute atomic E-state index is 12.7. The summed E-state index contributed by atoms with van der Waals surface area (Å²) in [6.07, 6.45) is 4.64. The third kappa shape index (κ3) is 6.46. The third-order valence-corrected chi connectivity index (χ3v) is 6.03. The summed E-state index contributed by atoms with van der Waals surface area (Å²) in [7, 11) is 3.47. The molecule has 2 saturated heterocycles. The highest BCUT2D eigenvalue weighted by Crippen LogP contribution is 2.14. The first kappa shape index (κ1) is 23.1. The molecule has 0 saturated carbocycles. The van der Waals surface area contributed by atoms with Crippen LogP contribution in [0.25, 0.3) is 0 Å². The maximum Gasteiger partial charge on any atom is 0.243 e. The van der Waals surface area contributed by atoms with Crippen molar-refractivity contribution in [3.63, 3.8) is 0 Å². The molecule has 3 rings (SSSR count). The summed E-state index contributed by atoms with van der Waals surface area (Å²) in [5.74, 6) is 1.86. The van der Waals surface area contributed by atoms with E-state index >= 15 is 0 Å². The SMILES string of the molecule is CC(C(=O)N1CCCC1)N1CCN(C(=NCC(=O)N(C)C)NCCc2ccco2)CC1. The van der Waals surface area contributed by atoms with Gasteiger partial charge in [0.25, 0.3) is 0 Å². The standard InChI is InChI=1S/C22H36N6O3/c1-18(21(30)27-10-4-5-11-27)26-12-14-28(15-13-26)22(24-17-20(29)25(2)3)23-9-8-19-7-6-16-31-19/h6-7,16,18H,4-5,8-15,17H2,1-3H3,(H,23,24). The molecular formula is C22H36N6O3. The number of nitrogens with zero attached hydrogens (tertiary/aromatic N) is 5. The van der Waals surface area contributed by atoms with Gasteiger partial charge in [-0.15, -0.1) is 0 Å². The largest absolute Gasteiger partial charge is 0.469 e. The lowest BCUT2D eigenvalue weighted by molar-refractivity contribution is -0.135. The summed E-state index contributed by atoms with van der Waals surface area (Å²) in [5.41, 5.74) is 0. The number of rotatable bonds is 7. The van der Waals surface area contributed by atoms with E-state index in [-0.39, 0.29) is 24.4 Å². The normalized spacial score (nSPS) is 18.9. The fourth-order valence-electron chi connectivity index (χ4n) is 3.98. The predicted molar refractivity (Wildman–Crippen MR) is 120 cm³/mol. The van der Waals surface area contributed by atoms with Crippen LogP contribution in [0.2, 0.25) is 0 Å². The van der Waals surface area contributed by atoms with E-state index in [0.29, 0.717) is 6.54 Å². The molecule has 0 bridgehead atoms. The molecule has 2 aliphatic heterocycles. The smallest absolute Gasteiger partial charge is 0.243 e. The number of furan rings is 1. The first-order valence-electron chi connectivity index (χ1n) is 11.2. The minimum Gasteiger partial charge on any atom is -0.469 e. The average molecular weight is 433 g/mol. The highest BCUT2D eigenvalue weighted by atomic mass is 16.3. The Kier molecular flexibility index (Phi) is 8.34. The number of carbonyl (C=O) groups is 2. The Hall–Kier alpha value is -2.55. The van der Waals surface area contributed by atoms with Crippen molar-refractivity contribution in [1.29, 1.82) is 0 Å². The number of hydrogen-bond acceptors (Lipinski definition) is 5. The molecule has 1 aromatic heterocycles. The second kappa shape index (κ2) is 11.2. The molecule has 1 N–H and O–H groups in total. The zero-order chi connectivity index (χ0) is 22.2. The van der Waals surface area contributed by atoms with Crippen LogP contribution in [0.15, 0.2) is 27.8 Å². The van der Waals surface area contributed by atoms with Crippen LogP contribution in [0, 0.1) is 0 Å². The van der Waals surface area contributed by atoms with E-state index in [1.165, 1.54) is 0 Å². The summed E-state index contributed by atoms with van der Waals surface area (Å²) >= 11 is 0. The van der Waals surface area contributed by atoms with Gasteiger partial charge in [-0.3, -0.25) is 14.5 Å². The summed E-state index contributed by atoms with van der Waals surface area (Å²) < 4.78 is 5.40. The van der Waals surface area contributed by atoms with Crippen molar-refractivity contribution in [2.75, 3.05) is 66.5 Å². The van der Waals surface area contributed by atoms with Gasteiger partial charge in [0.15, 0.2) is 5.96 Å². The molecule has 1 atom stereocenters. The average Bonchev–Trinajstić information content (AvgIpc) is 3.49. The highest BCUT2D eigenvalue weighted by Gasteiger charge is 2.30. The van der Waals surface area contributed by atoms with Gasteiger partial charge >= 0.3 is 0 Å². The van der Waals surface area contributed by atoms with Crippen LogP contribution in [-0.4, -0.2) is 110 Å². The fourth-order valence-corrected chi connectivity index (χ4v) is 3.98. The van der Waals surface area contributed by atoms with E-state index in [1.54, 1.807) is 25.3 Å². The van der Waals surface area contributed by atoms with Crippen LogP contribution < -0.4 is 5.32 Å². The van der Waals surface area contributed by atoms with E-state index < -0.39 is 0 Å². The molecule has 2 fully saturated rings. The second-order valence-corrected chi connectivity index (χ2v) is 8.42. The number of likely N-dealkylation sites (tertiary alicyclic amines) is 1. The van der Waals surface area contributed by atoms with Gasteiger partial charge in [-0.05, 0) is 31.9 Å². The number of likely N-dealkylation sites (N-methyl/N-ethyl adjacent to an activating group) is 1. The zero-order valence-corrected chi connectivity index (χ0v) is 19.0. The number of hydrogen-bond donors (Lipinski definition) is 1. The van der Waals surface area contributed by atoms with E-state index in [2.05, 4.69) is 20.1 Å². The molecule has 0 spiro atoms. The van der Waals surface area contributed by atoms with Crippen molar-refractivity contribution in [2.45, 2.75) is 32.2 Å². The van der Waals surface area contributed by atoms with E-state index in [9.17, 15) is 9.59 Å². The molecule has 0 radical (unpaired) electrons. The lowest BCUT2D eigenvalue weighted by Gasteiger charge is -2.39. The summed E-state index contributed by atoms with van der Waals surface area (Å²) in [6, 6.07) is 3.73. The quantitative estimate of drug-likeness (QED) is 0.499. The third-order valence-electron chi connectivity index (χ3n) is 6.03. The van der Waals surface area contributed by atoms with Crippen LogP contribution in [0.5, 0.6) is 0 Å². The number of amides is 2. The molecule has 172 valence electrons. The molecule has 1 unspecified atom stereocenters. The van der Waals surface area contributed by atoms with Crippen LogP contribution in [0.3, 0.4) is 0 Å². The Labute approximate surface area is 185 Å². The Morgan fingerprint density at radius 1 is 1.13 bits per heavy atom. The monoisotopic (exact) mass is 432 g/mol. The van der Waals surface area contributed by atoms with Crippen LogP contribution in [-0.2, 0) is 16.0 Å². The molecule has 0 aromatic carbocycles. The molecule has 9 heteroatoms. The first-order valence-corrected chi connectivity index (χ1v) is 11.2. The van der Waals surface area contributed by atoms with Gasteiger partial charge in [-0.2, -0.15) is 0 Å². The van der Waals surface area contributed by atoms with Crippen molar-refractivity contribution in [2.24, 2.45) is 4.99 Å². The molecule has 0 aliphatic carbocycles. The van der Waals surface area contributed by atoms with E-state index in [1.807, 2.05) is 24.0 Å². The number of piperazine rings is 1. The molecule has 2 amide bonds. The maximum atomic E-state index is 12.7. The summed E-state index contributed by atoms with van der Waals surface area (Å²) in [5, 5.41) is 3.39. The molecule has 31 heavy (non-hydrogen) atoms. The zero-order valence-electron chi connectivity index (χ0n) is 19.0. The van der Waals surface area contributed by atoms with Crippen LogP contribution in [0.1, 0.15) is 25.5 Å². The Balaban J connectivity index is 1.55. The highest BCUT2D eigenvalue weighted by molar-refractivity contribution is 5.85. The molecule has 9 nitrogen and oxygen atoms in total. The van der Waals surface area contributed by atoms with Gasteiger partial charge in [0.1, 0.15) is 12.3 Å². The topological polar surface area (TPSA) is 84.6 Å². The van der Waals surface area contributed by atoms with Crippen molar-refractivity contribution in [1.82, 2.24) is 24.9 Å². The van der Waals surface area contributed by atoms with Crippen molar-refractivity contribution >= 4 is 17.8 Å². The molecular weight excluding hydrogens is 396 g/mol. The van der Waals surface area contributed by atoms with Gasteiger partial charge < -0.3 is 24.4 Å². The number of aliphatic imine (C=N–C) groups is 1. The number of nitrogens with one attached hydrogen (secondary N) is 1. The predicted octanol–water partition coefficient (Wildman–Crippen LogP) is 0.484. The minimum absolute atomic E-state index is 0.0335. The molecule has 3 heterocycles. The van der Waals surface area contributed by atoms with Crippen LogP contribution in [0.4, 0.5) is 0 Å². The van der Waals surface area contributed by atoms with Crippen LogP contribution >= 0.6 is 0 Å². The molecule has 2 aliphatic rings. The van der Waals surface area contributed by atoms with E-state index in [0.717, 1.165) is 70.3 Å². The number of carbonyl (C=O) groups excluding carboxylic acids is 2. The van der Waals surface area contributed by atoms with Crippen molar-refractivity contribution in [3.8, 4) is 0 Å². The van der Waals surface area contributed by atoms with Crippen molar-refractivity contribution in [3.05, 3.63) is 24.2 Å². The van der Waals surface area contributed by atoms with Crippen molar-refractivity contribution < 1.29 is 14.0 Å². The summed E-state index contributed by atoms with van der Waals surface area (Å²) in [4.78, 5) is 37.3. The lowest BCUT2D eigenvalue weighted by atomic mass is 10.2. The van der Waals surface area contributed by atoms with Gasteiger partial charge in [-0.1, -0.05) is 0 Å². The Morgan fingerprint density at radius 2 is 1.84 bits per heavy atom. The van der Waals surface area contributed by atoms with Gasteiger partial charge in [-0.25, -0.2) is 4.99 Å². The Bertz CT molecular complexity index is 734.